The molecule has 0 radical (unpaired) electrons. The Kier molecular flexibility index (Phi) is 6.19. The molecule has 1 amide bonds. The minimum Gasteiger partial charge on any atom is -0.354 e. The first-order valence-corrected chi connectivity index (χ1v) is 10.8. The van der Waals surface area contributed by atoms with Crippen molar-refractivity contribution in [3.63, 3.8) is 0 Å². The molecule has 1 saturated heterocycles. The smallest absolute Gasteiger partial charge is 0.243 e. The number of benzene rings is 2. The molecule has 2 aromatic carbocycles. The number of hydrogen-bond donors (Lipinski definition) is 1. The van der Waals surface area contributed by atoms with Crippen molar-refractivity contribution in [2.75, 3.05) is 13.1 Å². The molecule has 1 heterocycles. The van der Waals surface area contributed by atoms with Gasteiger partial charge in [0.2, 0.25) is 15.9 Å². The monoisotopic (exact) mass is 406 g/mol. The van der Waals surface area contributed by atoms with Crippen LogP contribution in [0.1, 0.15) is 24.0 Å². The van der Waals surface area contributed by atoms with E-state index in [0.717, 1.165) is 11.1 Å². The summed E-state index contributed by atoms with van der Waals surface area (Å²) in [5.41, 5.74) is 2.02. The van der Waals surface area contributed by atoms with E-state index >= 15 is 0 Å². The number of halogens is 1. The molecule has 0 unspecified atom stereocenters. The van der Waals surface area contributed by atoms with E-state index in [1.807, 2.05) is 25.1 Å². The fraction of sp³-hybridized carbons (Fsp3) is 0.350. The van der Waals surface area contributed by atoms with Crippen LogP contribution in [0.25, 0.3) is 0 Å². The van der Waals surface area contributed by atoms with Crippen LogP contribution < -0.4 is 5.32 Å². The summed E-state index contributed by atoms with van der Waals surface area (Å²) in [6.45, 7) is 2.71. The Morgan fingerprint density at radius 2 is 1.96 bits per heavy atom. The molecule has 0 saturated carbocycles. The van der Waals surface area contributed by atoms with Crippen LogP contribution in [0.5, 0.6) is 0 Å². The number of hydrogen-bond acceptors (Lipinski definition) is 3. The van der Waals surface area contributed by atoms with Gasteiger partial charge < -0.3 is 5.32 Å². The summed E-state index contributed by atoms with van der Waals surface area (Å²) in [5.74, 6) is -0.245. The lowest BCUT2D eigenvalue weighted by Gasteiger charge is -2.23. The molecular weight excluding hydrogens is 384 g/mol. The van der Waals surface area contributed by atoms with Crippen molar-refractivity contribution in [1.82, 2.24) is 9.62 Å². The van der Waals surface area contributed by atoms with Gasteiger partial charge in [0.1, 0.15) is 6.04 Å². The molecule has 7 heteroatoms. The number of nitrogens with zero attached hydrogens (tertiary/aromatic N) is 1. The number of amides is 1. The molecule has 0 spiro atoms. The summed E-state index contributed by atoms with van der Waals surface area (Å²) >= 11 is 5.97. The van der Waals surface area contributed by atoms with Crippen LogP contribution in [0, 0.1) is 6.92 Å². The van der Waals surface area contributed by atoms with Gasteiger partial charge in [-0.2, -0.15) is 4.31 Å². The van der Waals surface area contributed by atoms with E-state index in [4.69, 9.17) is 11.6 Å². The predicted octanol–water partition coefficient (Wildman–Crippen LogP) is 3.16. The number of carbonyl (C=O) groups excluding carboxylic acids is 1. The van der Waals surface area contributed by atoms with E-state index < -0.39 is 16.1 Å². The van der Waals surface area contributed by atoms with E-state index in [2.05, 4.69) is 5.32 Å². The second-order valence-electron chi connectivity index (χ2n) is 6.76. The Hall–Kier alpha value is -1.89. The van der Waals surface area contributed by atoms with E-state index in [9.17, 15) is 13.2 Å². The molecular formula is C20H23ClN2O3S. The SMILES string of the molecule is Cc1ccc(S(=O)(=O)N2CCC[C@H]2C(=O)NCCc2cccc(Cl)c2)cc1. The van der Waals surface area contributed by atoms with Gasteiger partial charge >= 0.3 is 0 Å². The maximum absolute atomic E-state index is 12.9. The molecule has 0 aromatic heterocycles. The first-order valence-electron chi connectivity index (χ1n) is 8.98. The highest BCUT2D eigenvalue weighted by Gasteiger charge is 2.39. The lowest BCUT2D eigenvalue weighted by Crippen LogP contribution is -2.46. The number of rotatable bonds is 6. The summed E-state index contributed by atoms with van der Waals surface area (Å²) in [4.78, 5) is 12.8. The Morgan fingerprint density at radius 3 is 2.67 bits per heavy atom. The first-order chi connectivity index (χ1) is 12.9. The summed E-state index contributed by atoms with van der Waals surface area (Å²) in [6, 6.07) is 13.5. The lowest BCUT2D eigenvalue weighted by molar-refractivity contribution is -0.124. The van der Waals surface area contributed by atoms with Crippen molar-refractivity contribution in [3.05, 3.63) is 64.7 Å². The van der Waals surface area contributed by atoms with Crippen LogP contribution in [0.2, 0.25) is 5.02 Å². The minimum atomic E-state index is -3.68. The van der Waals surface area contributed by atoms with Crippen molar-refractivity contribution in [2.24, 2.45) is 0 Å². The fourth-order valence-electron chi connectivity index (χ4n) is 3.28. The van der Waals surface area contributed by atoms with E-state index in [1.54, 1.807) is 30.3 Å². The normalized spacial score (nSPS) is 17.8. The van der Waals surface area contributed by atoms with Gasteiger partial charge in [-0.3, -0.25) is 4.79 Å². The van der Waals surface area contributed by atoms with Crippen molar-refractivity contribution >= 4 is 27.5 Å². The molecule has 0 bridgehead atoms. The quantitative estimate of drug-likeness (QED) is 0.801. The topological polar surface area (TPSA) is 66.5 Å². The molecule has 1 fully saturated rings. The van der Waals surface area contributed by atoms with E-state index in [0.29, 0.717) is 37.4 Å². The van der Waals surface area contributed by atoms with Crippen molar-refractivity contribution in [1.29, 1.82) is 0 Å². The number of sulfonamides is 1. The minimum absolute atomic E-state index is 0.228. The summed E-state index contributed by atoms with van der Waals surface area (Å²) < 4.78 is 27.2. The van der Waals surface area contributed by atoms with Crippen LogP contribution >= 0.6 is 11.6 Å². The number of carbonyl (C=O) groups is 1. The highest BCUT2D eigenvalue weighted by molar-refractivity contribution is 7.89. The average molecular weight is 407 g/mol. The highest BCUT2D eigenvalue weighted by Crippen LogP contribution is 2.26. The van der Waals surface area contributed by atoms with Gasteiger partial charge in [-0.05, 0) is 56.0 Å². The molecule has 3 rings (SSSR count). The van der Waals surface area contributed by atoms with Gasteiger partial charge in [0.15, 0.2) is 0 Å². The van der Waals surface area contributed by atoms with E-state index in [-0.39, 0.29) is 10.8 Å². The predicted molar refractivity (Wildman–Crippen MR) is 106 cm³/mol. The van der Waals surface area contributed by atoms with Gasteiger partial charge in [-0.15, -0.1) is 0 Å². The van der Waals surface area contributed by atoms with Crippen LogP contribution in [-0.2, 0) is 21.2 Å². The second kappa shape index (κ2) is 8.42. The van der Waals surface area contributed by atoms with Gasteiger partial charge in [0.25, 0.3) is 0 Å². The van der Waals surface area contributed by atoms with Crippen LogP contribution in [-0.4, -0.2) is 37.8 Å². The molecule has 5 nitrogen and oxygen atoms in total. The zero-order chi connectivity index (χ0) is 19.4. The first kappa shape index (κ1) is 19.9. The fourth-order valence-corrected chi connectivity index (χ4v) is 5.15. The van der Waals surface area contributed by atoms with Crippen LogP contribution in [0.15, 0.2) is 53.4 Å². The summed E-state index contributed by atoms with van der Waals surface area (Å²) in [6.07, 6.45) is 1.86. The van der Waals surface area contributed by atoms with Gasteiger partial charge in [0.05, 0.1) is 4.90 Å². The molecule has 1 aliphatic heterocycles. The Morgan fingerprint density at radius 1 is 1.22 bits per heavy atom. The lowest BCUT2D eigenvalue weighted by atomic mass is 10.1. The summed E-state index contributed by atoms with van der Waals surface area (Å²) in [5, 5.41) is 3.52. The maximum atomic E-state index is 12.9. The maximum Gasteiger partial charge on any atom is 0.243 e. The Bertz CT molecular complexity index is 913. The summed E-state index contributed by atoms with van der Waals surface area (Å²) in [7, 11) is -3.68. The Balaban J connectivity index is 1.64. The molecule has 1 aliphatic rings. The zero-order valence-electron chi connectivity index (χ0n) is 15.2. The van der Waals surface area contributed by atoms with Crippen molar-refractivity contribution < 1.29 is 13.2 Å². The van der Waals surface area contributed by atoms with Crippen molar-refractivity contribution in [2.45, 2.75) is 37.1 Å². The third kappa shape index (κ3) is 4.69. The van der Waals surface area contributed by atoms with Crippen LogP contribution in [0.4, 0.5) is 0 Å². The zero-order valence-corrected chi connectivity index (χ0v) is 16.8. The van der Waals surface area contributed by atoms with E-state index in [1.165, 1.54) is 4.31 Å². The van der Waals surface area contributed by atoms with Gasteiger partial charge in [0, 0.05) is 18.1 Å². The second-order valence-corrected chi connectivity index (χ2v) is 9.08. The molecule has 27 heavy (non-hydrogen) atoms. The molecule has 2 aromatic rings. The molecule has 144 valence electrons. The molecule has 0 aliphatic carbocycles. The number of aryl methyl sites for hydroxylation is 1. The Labute approximate surface area is 165 Å². The van der Waals surface area contributed by atoms with Gasteiger partial charge in [-0.1, -0.05) is 41.4 Å². The average Bonchev–Trinajstić information content (AvgIpc) is 3.13. The van der Waals surface area contributed by atoms with Crippen LogP contribution in [0.3, 0.4) is 0 Å². The number of nitrogens with one attached hydrogen (secondary N) is 1. The molecule has 1 N–H and O–H groups in total. The third-order valence-corrected chi connectivity index (χ3v) is 6.89. The largest absolute Gasteiger partial charge is 0.354 e. The van der Waals surface area contributed by atoms with Crippen molar-refractivity contribution in [3.8, 4) is 0 Å². The van der Waals surface area contributed by atoms with Gasteiger partial charge in [-0.25, -0.2) is 8.42 Å². The standard InChI is InChI=1S/C20H23ClN2O3S/c1-15-7-9-18(10-8-15)27(25,26)23-13-3-6-19(23)20(24)22-12-11-16-4-2-5-17(21)14-16/h2,4-5,7-10,14,19H,3,6,11-13H2,1H3,(H,22,24)/t19-/m0/s1. The molecule has 1 atom stereocenters. The third-order valence-electron chi connectivity index (χ3n) is 4.74. The highest BCUT2D eigenvalue weighted by atomic mass is 35.5.